The van der Waals surface area contributed by atoms with Crippen LogP contribution in [0, 0.1) is 5.92 Å². The second-order valence-corrected chi connectivity index (χ2v) is 5.23. The summed E-state index contributed by atoms with van der Waals surface area (Å²) in [6.07, 6.45) is 4.83. The lowest BCUT2D eigenvalue weighted by Gasteiger charge is -2.27. The van der Waals surface area contributed by atoms with Gasteiger partial charge in [0, 0.05) is 12.6 Å². The third-order valence-electron chi connectivity index (χ3n) is 3.38. The summed E-state index contributed by atoms with van der Waals surface area (Å²) in [6, 6.07) is 0.486. The predicted molar refractivity (Wildman–Crippen MR) is 64.3 cm³/mol. The lowest BCUT2D eigenvalue weighted by molar-refractivity contribution is -0.122. The molecule has 2 fully saturated rings. The van der Waals surface area contributed by atoms with E-state index in [9.17, 15) is 4.79 Å². The van der Waals surface area contributed by atoms with Gasteiger partial charge in [-0.05, 0) is 51.7 Å². The minimum Gasteiger partial charge on any atom is -0.352 e. The summed E-state index contributed by atoms with van der Waals surface area (Å²) in [6.45, 7) is 3.87. The van der Waals surface area contributed by atoms with E-state index >= 15 is 0 Å². The molecule has 2 aliphatic rings. The number of carbonyl (C=O) groups is 1. The first kappa shape index (κ1) is 11.9. The number of amides is 1. The van der Waals surface area contributed by atoms with Gasteiger partial charge in [-0.2, -0.15) is 0 Å². The van der Waals surface area contributed by atoms with Crippen LogP contribution in [0.3, 0.4) is 0 Å². The van der Waals surface area contributed by atoms with Gasteiger partial charge in [0.25, 0.3) is 0 Å². The molecule has 16 heavy (non-hydrogen) atoms. The molecule has 0 spiro atoms. The zero-order valence-electron chi connectivity index (χ0n) is 10.2. The minimum atomic E-state index is 0.193. The van der Waals surface area contributed by atoms with Crippen molar-refractivity contribution >= 4 is 5.91 Å². The molecule has 1 heterocycles. The average molecular weight is 225 g/mol. The SMILES string of the molecule is CN(CC(=O)NC1CC1)CC1CCNCC1. The van der Waals surface area contributed by atoms with E-state index in [-0.39, 0.29) is 5.91 Å². The molecule has 4 heteroatoms. The molecule has 1 saturated heterocycles. The van der Waals surface area contributed by atoms with Gasteiger partial charge in [0.05, 0.1) is 6.54 Å². The van der Waals surface area contributed by atoms with Crippen molar-refractivity contribution in [1.82, 2.24) is 15.5 Å². The van der Waals surface area contributed by atoms with E-state index in [4.69, 9.17) is 0 Å². The van der Waals surface area contributed by atoms with Crippen LogP contribution in [0.5, 0.6) is 0 Å². The van der Waals surface area contributed by atoms with E-state index in [0.29, 0.717) is 12.6 Å². The Kier molecular flexibility index (Phi) is 4.18. The fourth-order valence-electron chi connectivity index (χ4n) is 2.32. The Morgan fingerprint density at radius 1 is 1.31 bits per heavy atom. The molecule has 2 rings (SSSR count). The summed E-state index contributed by atoms with van der Waals surface area (Å²) in [5.41, 5.74) is 0. The number of nitrogens with zero attached hydrogens (tertiary/aromatic N) is 1. The monoisotopic (exact) mass is 225 g/mol. The van der Waals surface area contributed by atoms with E-state index < -0.39 is 0 Å². The van der Waals surface area contributed by atoms with Crippen molar-refractivity contribution in [3.05, 3.63) is 0 Å². The Hall–Kier alpha value is -0.610. The predicted octanol–water partition coefficient (Wildman–Crippen LogP) is 0.196. The van der Waals surface area contributed by atoms with Crippen molar-refractivity contribution in [2.45, 2.75) is 31.7 Å². The number of hydrogen-bond acceptors (Lipinski definition) is 3. The third kappa shape index (κ3) is 4.10. The molecular formula is C12H23N3O. The molecule has 92 valence electrons. The number of likely N-dealkylation sites (N-methyl/N-ethyl adjacent to an activating group) is 1. The fraction of sp³-hybridized carbons (Fsp3) is 0.917. The molecule has 0 aromatic heterocycles. The van der Waals surface area contributed by atoms with Gasteiger partial charge in [-0.25, -0.2) is 0 Å². The van der Waals surface area contributed by atoms with E-state index in [2.05, 4.69) is 22.6 Å². The minimum absolute atomic E-state index is 0.193. The molecule has 1 saturated carbocycles. The molecule has 0 radical (unpaired) electrons. The van der Waals surface area contributed by atoms with E-state index in [1.807, 2.05) is 0 Å². The first-order valence-electron chi connectivity index (χ1n) is 6.42. The maximum atomic E-state index is 11.6. The maximum absolute atomic E-state index is 11.6. The van der Waals surface area contributed by atoms with E-state index in [1.54, 1.807) is 0 Å². The second-order valence-electron chi connectivity index (χ2n) is 5.23. The summed E-state index contributed by atoms with van der Waals surface area (Å²) < 4.78 is 0. The van der Waals surface area contributed by atoms with Crippen molar-refractivity contribution in [3.63, 3.8) is 0 Å². The van der Waals surface area contributed by atoms with Crippen LogP contribution < -0.4 is 10.6 Å². The average Bonchev–Trinajstić information content (AvgIpc) is 3.02. The van der Waals surface area contributed by atoms with Gasteiger partial charge in [-0.15, -0.1) is 0 Å². The van der Waals surface area contributed by atoms with Gasteiger partial charge in [0.15, 0.2) is 0 Å². The highest BCUT2D eigenvalue weighted by Crippen LogP contribution is 2.18. The second kappa shape index (κ2) is 5.64. The molecular weight excluding hydrogens is 202 g/mol. The van der Waals surface area contributed by atoms with Crippen LogP contribution in [0.1, 0.15) is 25.7 Å². The highest BCUT2D eigenvalue weighted by atomic mass is 16.2. The lowest BCUT2D eigenvalue weighted by Crippen LogP contribution is -2.40. The maximum Gasteiger partial charge on any atom is 0.234 e. The molecule has 1 aliphatic carbocycles. The van der Waals surface area contributed by atoms with Crippen molar-refractivity contribution in [2.24, 2.45) is 5.92 Å². The van der Waals surface area contributed by atoms with Crippen LogP contribution in [0.15, 0.2) is 0 Å². The van der Waals surface area contributed by atoms with Crippen LogP contribution >= 0.6 is 0 Å². The lowest BCUT2D eigenvalue weighted by atomic mass is 9.98. The van der Waals surface area contributed by atoms with Crippen LogP contribution in [-0.4, -0.2) is 50.1 Å². The molecule has 0 atom stereocenters. The molecule has 4 nitrogen and oxygen atoms in total. The Morgan fingerprint density at radius 3 is 2.62 bits per heavy atom. The zero-order valence-corrected chi connectivity index (χ0v) is 10.2. The Bertz CT molecular complexity index is 234. The fourth-order valence-corrected chi connectivity index (χ4v) is 2.32. The summed E-state index contributed by atoms with van der Waals surface area (Å²) in [7, 11) is 2.05. The van der Waals surface area contributed by atoms with Gasteiger partial charge >= 0.3 is 0 Å². The highest BCUT2D eigenvalue weighted by Gasteiger charge is 2.24. The smallest absolute Gasteiger partial charge is 0.234 e. The number of rotatable bonds is 5. The van der Waals surface area contributed by atoms with Crippen LogP contribution in [0.4, 0.5) is 0 Å². The standard InChI is InChI=1S/C12H23N3O/c1-15(8-10-4-6-13-7-5-10)9-12(16)14-11-2-3-11/h10-11,13H,2-9H2,1H3,(H,14,16). The molecule has 0 aromatic rings. The molecule has 0 aromatic carbocycles. The Balaban J connectivity index is 1.61. The Labute approximate surface area is 97.8 Å². The summed E-state index contributed by atoms with van der Waals surface area (Å²) >= 11 is 0. The van der Waals surface area contributed by atoms with Crippen LogP contribution in [-0.2, 0) is 4.79 Å². The largest absolute Gasteiger partial charge is 0.352 e. The molecule has 0 unspecified atom stereocenters. The molecule has 0 bridgehead atoms. The summed E-state index contributed by atoms with van der Waals surface area (Å²) in [5.74, 6) is 0.957. The van der Waals surface area contributed by atoms with Crippen molar-refractivity contribution in [3.8, 4) is 0 Å². The summed E-state index contributed by atoms with van der Waals surface area (Å²) in [5, 5.41) is 6.39. The Morgan fingerprint density at radius 2 is 2.00 bits per heavy atom. The number of carbonyl (C=O) groups excluding carboxylic acids is 1. The van der Waals surface area contributed by atoms with Gasteiger partial charge in [0.2, 0.25) is 5.91 Å². The number of hydrogen-bond donors (Lipinski definition) is 2. The summed E-state index contributed by atoms with van der Waals surface area (Å²) in [4.78, 5) is 13.7. The third-order valence-corrected chi connectivity index (χ3v) is 3.38. The quantitative estimate of drug-likeness (QED) is 0.702. The van der Waals surface area contributed by atoms with Gasteiger partial charge in [0.1, 0.15) is 0 Å². The zero-order chi connectivity index (χ0) is 11.4. The topological polar surface area (TPSA) is 44.4 Å². The van der Waals surface area contributed by atoms with Gasteiger partial charge in [-0.3, -0.25) is 9.69 Å². The normalized spacial score (nSPS) is 22.4. The van der Waals surface area contributed by atoms with Crippen molar-refractivity contribution < 1.29 is 4.79 Å². The van der Waals surface area contributed by atoms with Crippen LogP contribution in [0.2, 0.25) is 0 Å². The molecule has 1 amide bonds. The number of nitrogens with one attached hydrogen (secondary N) is 2. The van der Waals surface area contributed by atoms with Crippen molar-refractivity contribution in [2.75, 3.05) is 33.2 Å². The van der Waals surface area contributed by atoms with Gasteiger partial charge < -0.3 is 10.6 Å². The van der Waals surface area contributed by atoms with Gasteiger partial charge in [-0.1, -0.05) is 0 Å². The van der Waals surface area contributed by atoms with Crippen molar-refractivity contribution in [1.29, 1.82) is 0 Å². The van der Waals surface area contributed by atoms with E-state index in [1.165, 1.54) is 25.7 Å². The first-order valence-corrected chi connectivity index (χ1v) is 6.42. The van der Waals surface area contributed by atoms with E-state index in [0.717, 1.165) is 25.6 Å². The highest BCUT2D eigenvalue weighted by molar-refractivity contribution is 5.78. The first-order chi connectivity index (χ1) is 7.74. The molecule has 1 aliphatic heterocycles. The molecule has 2 N–H and O–H groups in total. The van der Waals surface area contributed by atoms with Crippen LogP contribution in [0.25, 0.3) is 0 Å². The number of piperidine rings is 1.